The maximum atomic E-state index is 6.63. The van der Waals surface area contributed by atoms with E-state index in [-0.39, 0.29) is 0 Å². The molecule has 4 aromatic rings. The van der Waals surface area contributed by atoms with E-state index in [2.05, 4.69) is 25.0 Å². The average Bonchev–Trinajstić information content (AvgIpc) is 3.55. The lowest BCUT2D eigenvalue weighted by atomic mass is 9.95. The zero-order valence-electron chi connectivity index (χ0n) is 18.4. The highest BCUT2D eigenvalue weighted by atomic mass is 35.5. The molecule has 0 amide bonds. The maximum absolute atomic E-state index is 6.63. The fourth-order valence-corrected chi connectivity index (χ4v) is 6.41. The number of rotatable bonds is 3. The van der Waals surface area contributed by atoms with Gasteiger partial charge in [0.05, 0.1) is 25.1 Å². The van der Waals surface area contributed by atoms with Gasteiger partial charge in [0.2, 0.25) is 0 Å². The van der Waals surface area contributed by atoms with Crippen molar-refractivity contribution < 1.29 is 4.42 Å². The van der Waals surface area contributed by atoms with Crippen LogP contribution in [0.1, 0.15) is 39.0 Å². The van der Waals surface area contributed by atoms with Gasteiger partial charge in [0.15, 0.2) is 10.9 Å². The van der Waals surface area contributed by atoms with Crippen LogP contribution < -0.4 is 5.32 Å². The van der Waals surface area contributed by atoms with Gasteiger partial charge < -0.3 is 14.6 Å². The van der Waals surface area contributed by atoms with Crippen molar-refractivity contribution in [3.63, 3.8) is 0 Å². The van der Waals surface area contributed by atoms with E-state index in [1.54, 1.807) is 17.6 Å². The molecule has 172 valence electrons. The Balaban J connectivity index is 1.38. The van der Waals surface area contributed by atoms with E-state index in [1.807, 2.05) is 43.3 Å². The number of benzene rings is 1. The van der Waals surface area contributed by atoms with Crippen molar-refractivity contribution in [2.45, 2.75) is 33.0 Å². The van der Waals surface area contributed by atoms with Crippen molar-refractivity contribution in [1.82, 2.24) is 25.0 Å². The summed E-state index contributed by atoms with van der Waals surface area (Å²) in [5, 5.41) is 14.6. The number of nitrogens with zero attached hydrogens (tertiary/aromatic N) is 5. The third-order valence-corrected chi connectivity index (χ3v) is 8.09. The molecule has 0 saturated heterocycles. The smallest absolute Gasteiger partial charge is 0.169 e. The summed E-state index contributed by atoms with van der Waals surface area (Å²) in [5.41, 5.74) is 4.32. The highest BCUT2D eigenvalue weighted by Gasteiger charge is 2.32. The van der Waals surface area contributed by atoms with Gasteiger partial charge in [-0.25, -0.2) is 0 Å². The molecule has 3 aromatic heterocycles. The minimum Gasteiger partial charge on any atom is -0.467 e. The molecule has 0 unspecified atom stereocenters. The Morgan fingerprint density at radius 2 is 2.12 bits per heavy atom. The molecular formula is C24H21ClN6OS2. The van der Waals surface area contributed by atoms with E-state index in [4.69, 9.17) is 33.2 Å². The summed E-state index contributed by atoms with van der Waals surface area (Å²) in [6.07, 6.45) is 2.54. The molecule has 0 atom stereocenters. The minimum absolute atomic E-state index is 0.463. The number of halogens is 1. The number of nitrogens with one attached hydrogen (secondary N) is 1. The summed E-state index contributed by atoms with van der Waals surface area (Å²) in [6.45, 7) is 4.58. The number of thiocarbonyl (C=S) groups is 1. The number of fused-ring (bicyclic) bond motifs is 5. The molecule has 34 heavy (non-hydrogen) atoms. The molecular weight excluding hydrogens is 488 g/mol. The molecule has 0 fully saturated rings. The monoisotopic (exact) mass is 508 g/mol. The van der Waals surface area contributed by atoms with Crippen molar-refractivity contribution in [2.24, 2.45) is 4.99 Å². The van der Waals surface area contributed by atoms with E-state index < -0.39 is 0 Å². The zero-order valence-corrected chi connectivity index (χ0v) is 20.8. The molecule has 5 heterocycles. The quantitative estimate of drug-likeness (QED) is 0.406. The maximum Gasteiger partial charge on any atom is 0.169 e. The lowest BCUT2D eigenvalue weighted by Crippen LogP contribution is -2.42. The number of hydrogen-bond donors (Lipinski definition) is 1. The Labute approximate surface area is 211 Å². The van der Waals surface area contributed by atoms with Crippen LogP contribution in [0.5, 0.6) is 0 Å². The van der Waals surface area contributed by atoms with Gasteiger partial charge in [0.1, 0.15) is 23.1 Å². The molecule has 2 aliphatic rings. The van der Waals surface area contributed by atoms with Crippen molar-refractivity contribution in [2.75, 3.05) is 6.54 Å². The van der Waals surface area contributed by atoms with Gasteiger partial charge in [-0.05, 0) is 49.3 Å². The van der Waals surface area contributed by atoms with Gasteiger partial charge in [-0.15, -0.1) is 21.5 Å². The minimum atomic E-state index is 0.463. The average molecular weight is 509 g/mol. The molecule has 0 aliphatic carbocycles. The molecule has 1 aromatic carbocycles. The van der Waals surface area contributed by atoms with Crippen LogP contribution in [0.2, 0.25) is 5.02 Å². The van der Waals surface area contributed by atoms with Crippen LogP contribution in [0.4, 0.5) is 0 Å². The second-order valence-electron chi connectivity index (χ2n) is 8.24. The molecule has 0 radical (unpaired) electrons. The van der Waals surface area contributed by atoms with Crippen LogP contribution in [-0.4, -0.2) is 37.0 Å². The first kappa shape index (κ1) is 21.5. The lowest BCUT2D eigenvalue weighted by molar-refractivity contribution is 0.388. The van der Waals surface area contributed by atoms with Crippen LogP contribution in [0, 0.1) is 6.92 Å². The topological polar surface area (TPSA) is 71.5 Å². The van der Waals surface area contributed by atoms with E-state index in [1.165, 1.54) is 10.4 Å². The highest BCUT2D eigenvalue weighted by molar-refractivity contribution is 7.80. The van der Waals surface area contributed by atoms with E-state index in [0.29, 0.717) is 18.1 Å². The molecule has 2 aliphatic heterocycles. The second kappa shape index (κ2) is 8.65. The third-order valence-electron chi connectivity index (χ3n) is 6.16. The van der Waals surface area contributed by atoms with Crippen LogP contribution in [0.25, 0.3) is 5.00 Å². The van der Waals surface area contributed by atoms with Gasteiger partial charge in [-0.2, -0.15) is 0 Å². The molecule has 10 heteroatoms. The van der Waals surface area contributed by atoms with Gasteiger partial charge in [-0.1, -0.05) is 29.8 Å². The number of thiophene rings is 1. The number of aromatic nitrogens is 3. The van der Waals surface area contributed by atoms with Crippen LogP contribution >= 0.6 is 35.2 Å². The van der Waals surface area contributed by atoms with E-state index in [0.717, 1.165) is 63.9 Å². The van der Waals surface area contributed by atoms with Gasteiger partial charge >= 0.3 is 0 Å². The van der Waals surface area contributed by atoms with Crippen LogP contribution in [0.3, 0.4) is 0 Å². The van der Waals surface area contributed by atoms with Crippen molar-refractivity contribution in [3.05, 3.63) is 86.7 Å². The number of furan rings is 1. The Hall–Kier alpha value is -3.01. The Morgan fingerprint density at radius 1 is 1.24 bits per heavy atom. The highest BCUT2D eigenvalue weighted by Crippen LogP contribution is 2.40. The van der Waals surface area contributed by atoms with Crippen LogP contribution in [-0.2, 0) is 26.1 Å². The third kappa shape index (κ3) is 3.64. The normalized spacial score (nSPS) is 14.6. The zero-order chi connectivity index (χ0) is 23.2. The van der Waals surface area contributed by atoms with Gasteiger partial charge in [0, 0.05) is 27.6 Å². The predicted octanol–water partition coefficient (Wildman–Crippen LogP) is 4.67. The van der Waals surface area contributed by atoms with E-state index >= 15 is 0 Å². The predicted molar refractivity (Wildman–Crippen MR) is 137 cm³/mol. The number of hydrogen-bond acceptors (Lipinski definition) is 6. The first-order chi connectivity index (χ1) is 16.6. The Bertz CT molecular complexity index is 1420. The molecule has 0 bridgehead atoms. The SMILES string of the molecule is Cc1nnc2n1-c1sc3c(c1C(c1ccccc1Cl)=NC2)CCN(C(=S)NCc1ccco1)C3. The number of aliphatic imine (C=N–C) groups is 1. The lowest BCUT2D eigenvalue weighted by Gasteiger charge is -2.30. The summed E-state index contributed by atoms with van der Waals surface area (Å²) in [6, 6.07) is 11.7. The largest absolute Gasteiger partial charge is 0.467 e. The number of aryl methyl sites for hydroxylation is 1. The summed E-state index contributed by atoms with van der Waals surface area (Å²) in [7, 11) is 0. The molecule has 7 nitrogen and oxygen atoms in total. The summed E-state index contributed by atoms with van der Waals surface area (Å²) < 4.78 is 7.56. The van der Waals surface area contributed by atoms with Crippen molar-refractivity contribution in [3.8, 4) is 5.00 Å². The fourth-order valence-electron chi connectivity index (χ4n) is 4.53. The fraction of sp³-hybridized carbons (Fsp3) is 0.250. The molecule has 0 spiro atoms. The Kier molecular flexibility index (Phi) is 5.47. The van der Waals surface area contributed by atoms with Crippen molar-refractivity contribution >= 4 is 46.0 Å². The molecule has 0 saturated carbocycles. The van der Waals surface area contributed by atoms with E-state index in [9.17, 15) is 0 Å². The van der Waals surface area contributed by atoms with Gasteiger partial charge in [0.25, 0.3) is 0 Å². The first-order valence-corrected chi connectivity index (χ1v) is 12.6. The first-order valence-electron chi connectivity index (χ1n) is 11.0. The summed E-state index contributed by atoms with van der Waals surface area (Å²) in [4.78, 5) is 8.48. The summed E-state index contributed by atoms with van der Waals surface area (Å²) in [5.74, 6) is 2.56. The Morgan fingerprint density at radius 3 is 2.94 bits per heavy atom. The second-order valence-corrected chi connectivity index (χ2v) is 10.1. The van der Waals surface area contributed by atoms with Crippen LogP contribution in [0.15, 0.2) is 52.1 Å². The van der Waals surface area contributed by atoms with Crippen molar-refractivity contribution in [1.29, 1.82) is 0 Å². The molecule has 6 rings (SSSR count). The molecule has 1 N–H and O–H groups in total. The van der Waals surface area contributed by atoms with Gasteiger partial charge in [-0.3, -0.25) is 9.56 Å². The standard InChI is InChI=1S/C24H21ClN6OS2/c1-14-28-29-20-12-26-22(16-6-2-3-7-18(16)25)21-17-8-9-30(13-19(17)34-23(21)31(14)20)24(33)27-11-15-5-4-10-32-15/h2-7,10H,8-9,11-13H2,1H3,(H,27,33). The summed E-state index contributed by atoms with van der Waals surface area (Å²) >= 11 is 14.1.